The van der Waals surface area contributed by atoms with Crippen LogP contribution < -0.4 is 0 Å². The minimum absolute atomic E-state index is 0.0412. The Balaban J connectivity index is 2.10. The van der Waals surface area contributed by atoms with Crippen molar-refractivity contribution in [3.05, 3.63) is 0 Å². The van der Waals surface area contributed by atoms with E-state index in [1.165, 1.54) is 38.5 Å². The van der Waals surface area contributed by atoms with Crippen molar-refractivity contribution in [3.63, 3.8) is 0 Å². The zero-order valence-electron chi connectivity index (χ0n) is 14.0. The second-order valence-electron chi connectivity index (χ2n) is 7.37. The summed E-state index contributed by atoms with van der Waals surface area (Å²) < 4.78 is 11.5. The predicted molar refractivity (Wildman–Crippen MR) is 84.0 cm³/mol. The number of cyclic esters (lactones) is 1. The Morgan fingerprint density at radius 1 is 1.24 bits per heavy atom. The van der Waals surface area contributed by atoms with E-state index >= 15 is 0 Å². The molecule has 0 radical (unpaired) electrons. The Hall–Kier alpha value is -0.570. The van der Waals surface area contributed by atoms with E-state index in [1.54, 1.807) is 0 Å². The summed E-state index contributed by atoms with van der Waals surface area (Å²) in [6.45, 7) is 7.98. The molecule has 1 aliphatic heterocycles. The van der Waals surface area contributed by atoms with E-state index in [9.17, 15) is 4.79 Å². The molecule has 2 aliphatic rings. The maximum absolute atomic E-state index is 11.8. The van der Waals surface area contributed by atoms with E-state index in [-0.39, 0.29) is 12.1 Å². The van der Waals surface area contributed by atoms with Gasteiger partial charge in [0, 0.05) is 12.5 Å². The smallest absolute Gasteiger partial charge is 0.308 e. The predicted octanol–water partition coefficient (Wildman–Crippen LogP) is 4.20. The molecule has 0 unspecified atom stereocenters. The van der Waals surface area contributed by atoms with E-state index in [2.05, 4.69) is 20.8 Å². The molecule has 122 valence electrons. The molecule has 0 aromatic rings. The first-order chi connectivity index (χ1) is 10.1. The molecular formula is C18H32O3. The summed E-state index contributed by atoms with van der Waals surface area (Å²) in [7, 11) is 0. The van der Waals surface area contributed by atoms with Crippen LogP contribution in [0.25, 0.3) is 0 Å². The fourth-order valence-corrected chi connectivity index (χ4v) is 4.16. The summed E-state index contributed by atoms with van der Waals surface area (Å²) >= 11 is 0. The van der Waals surface area contributed by atoms with Crippen molar-refractivity contribution >= 4 is 5.97 Å². The first-order valence-electron chi connectivity index (χ1n) is 8.85. The van der Waals surface area contributed by atoms with Gasteiger partial charge in [0.25, 0.3) is 0 Å². The standard InChI is InChI=1S/C18H32O3/c1-13(2)8-9-16-12-20-11-10-17(19)21-14(3)18(16)15-6-4-5-7-15/h13-16,18H,4-12H2,1-3H3/t14-,16-,18+/m0/s1. The zero-order valence-corrected chi connectivity index (χ0v) is 14.0. The molecule has 1 aliphatic carbocycles. The van der Waals surface area contributed by atoms with Gasteiger partial charge in [-0.2, -0.15) is 0 Å². The summed E-state index contributed by atoms with van der Waals surface area (Å²) in [5.74, 6) is 2.37. The van der Waals surface area contributed by atoms with Crippen LogP contribution in [-0.4, -0.2) is 25.3 Å². The molecule has 3 heteroatoms. The van der Waals surface area contributed by atoms with Crippen molar-refractivity contribution in [2.75, 3.05) is 13.2 Å². The van der Waals surface area contributed by atoms with Gasteiger partial charge in [-0.05, 0) is 31.1 Å². The van der Waals surface area contributed by atoms with E-state index in [1.807, 2.05) is 0 Å². The Bertz CT molecular complexity index is 320. The third-order valence-corrected chi connectivity index (χ3v) is 5.25. The van der Waals surface area contributed by atoms with Gasteiger partial charge < -0.3 is 9.47 Å². The average Bonchev–Trinajstić information content (AvgIpc) is 2.94. The summed E-state index contributed by atoms with van der Waals surface area (Å²) in [5.41, 5.74) is 0. The highest BCUT2D eigenvalue weighted by Crippen LogP contribution is 2.40. The normalized spacial score (nSPS) is 32.6. The lowest BCUT2D eigenvalue weighted by molar-refractivity contribution is -0.152. The molecular weight excluding hydrogens is 264 g/mol. The highest BCUT2D eigenvalue weighted by molar-refractivity contribution is 5.69. The number of carbonyl (C=O) groups is 1. The van der Waals surface area contributed by atoms with Gasteiger partial charge in [-0.3, -0.25) is 4.79 Å². The zero-order chi connectivity index (χ0) is 15.2. The number of esters is 1. The number of rotatable bonds is 4. The van der Waals surface area contributed by atoms with Crippen molar-refractivity contribution < 1.29 is 14.3 Å². The fraction of sp³-hybridized carbons (Fsp3) is 0.944. The summed E-state index contributed by atoms with van der Waals surface area (Å²) in [6.07, 6.45) is 8.13. The molecule has 0 N–H and O–H groups in total. The quantitative estimate of drug-likeness (QED) is 0.729. The van der Waals surface area contributed by atoms with E-state index in [0.29, 0.717) is 30.8 Å². The van der Waals surface area contributed by atoms with Crippen LogP contribution in [0, 0.1) is 23.7 Å². The minimum atomic E-state index is -0.0880. The van der Waals surface area contributed by atoms with Crippen molar-refractivity contribution in [2.24, 2.45) is 23.7 Å². The maximum atomic E-state index is 11.8. The van der Waals surface area contributed by atoms with Gasteiger partial charge in [-0.25, -0.2) is 0 Å². The van der Waals surface area contributed by atoms with Gasteiger partial charge in [0.1, 0.15) is 6.10 Å². The summed E-state index contributed by atoms with van der Waals surface area (Å²) in [6, 6.07) is 0. The molecule has 3 nitrogen and oxygen atoms in total. The fourth-order valence-electron chi connectivity index (χ4n) is 4.16. The van der Waals surface area contributed by atoms with Crippen LogP contribution in [-0.2, 0) is 14.3 Å². The first-order valence-corrected chi connectivity index (χ1v) is 8.85. The molecule has 1 saturated heterocycles. The van der Waals surface area contributed by atoms with Crippen LogP contribution in [0.3, 0.4) is 0 Å². The highest BCUT2D eigenvalue weighted by Gasteiger charge is 2.37. The number of carbonyl (C=O) groups excluding carboxylic acids is 1. The maximum Gasteiger partial charge on any atom is 0.308 e. The van der Waals surface area contributed by atoms with Gasteiger partial charge >= 0.3 is 5.97 Å². The number of hydrogen-bond acceptors (Lipinski definition) is 3. The topological polar surface area (TPSA) is 35.5 Å². The van der Waals surface area contributed by atoms with Gasteiger partial charge in [0.05, 0.1) is 13.0 Å². The summed E-state index contributed by atoms with van der Waals surface area (Å²) in [5, 5.41) is 0. The SMILES string of the molecule is CC(C)CC[C@H]1COCCC(=O)O[C@@H](C)[C@@H]1C1CCCC1. The van der Waals surface area contributed by atoms with Crippen LogP contribution in [0.2, 0.25) is 0 Å². The molecule has 0 aromatic carbocycles. The van der Waals surface area contributed by atoms with Crippen LogP contribution in [0.15, 0.2) is 0 Å². The molecule has 1 heterocycles. The summed E-state index contributed by atoms with van der Waals surface area (Å²) in [4.78, 5) is 11.8. The number of hydrogen-bond donors (Lipinski definition) is 0. The monoisotopic (exact) mass is 296 g/mol. The highest BCUT2D eigenvalue weighted by atomic mass is 16.5. The molecule has 2 rings (SSSR count). The van der Waals surface area contributed by atoms with E-state index in [4.69, 9.17) is 9.47 Å². The molecule has 0 bridgehead atoms. The molecule has 21 heavy (non-hydrogen) atoms. The van der Waals surface area contributed by atoms with Crippen molar-refractivity contribution in [1.29, 1.82) is 0 Å². The Morgan fingerprint density at radius 3 is 2.62 bits per heavy atom. The van der Waals surface area contributed by atoms with Crippen LogP contribution in [0.4, 0.5) is 0 Å². The third-order valence-electron chi connectivity index (χ3n) is 5.25. The third kappa shape index (κ3) is 4.98. The van der Waals surface area contributed by atoms with Gasteiger partial charge in [0.15, 0.2) is 0 Å². The Kier molecular flexibility index (Phi) is 6.53. The largest absolute Gasteiger partial charge is 0.462 e. The van der Waals surface area contributed by atoms with Crippen molar-refractivity contribution in [3.8, 4) is 0 Å². The van der Waals surface area contributed by atoms with E-state index < -0.39 is 0 Å². The second-order valence-corrected chi connectivity index (χ2v) is 7.37. The van der Waals surface area contributed by atoms with Gasteiger partial charge in [-0.1, -0.05) is 46.0 Å². The lowest BCUT2D eigenvalue weighted by atomic mass is 9.75. The average molecular weight is 296 g/mol. The molecule has 0 amide bonds. The number of ether oxygens (including phenoxy) is 2. The van der Waals surface area contributed by atoms with Crippen molar-refractivity contribution in [1.82, 2.24) is 0 Å². The van der Waals surface area contributed by atoms with E-state index in [0.717, 1.165) is 12.5 Å². The molecule has 0 spiro atoms. The molecule has 3 atom stereocenters. The molecule has 1 saturated carbocycles. The van der Waals surface area contributed by atoms with Crippen LogP contribution >= 0.6 is 0 Å². The molecule has 2 fully saturated rings. The Morgan fingerprint density at radius 2 is 1.95 bits per heavy atom. The van der Waals surface area contributed by atoms with Gasteiger partial charge in [0.2, 0.25) is 0 Å². The van der Waals surface area contributed by atoms with Crippen molar-refractivity contribution in [2.45, 2.75) is 71.8 Å². The lowest BCUT2D eigenvalue weighted by Crippen LogP contribution is -2.36. The van der Waals surface area contributed by atoms with Gasteiger partial charge in [-0.15, -0.1) is 0 Å². The van der Waals surface area contributed by atoms with Crippen LogP contribution in [0.1, 0.15) is 65.7 Å². The molecule has 0 aromatic heterocycles. The Labute approximate surface area is 129 Å². The van der Waals surface area contributed by atoms with Crippen LogP contribution in [0.5, 0.6) is 0 Å². The first kappa shape index (κ1) is 16.8. The minimum Gasteiger partial charge on any atom is -0.462 e. The lowest BCUT2D eigenvalue weighted by Gasteiger charge is -2.35. The second kappa shape index (κ2) is 8.17.